The maximum Gasteiger partial charge on any atom is 0.0130 e. The summed E-state index contributed by atoms with van der Waals surface area (Å²) >= 11 is 0. The lowest BCUT2D eigenvalue weighted by Gasteiger charge is -2.26. The predicted molar refractivity (Wildman–Crippen MR) is 72.7 cm³/mol. The lowest BCUT2D eigenvalue weighted by Crippen LogP contribution is -2.35. The van der Waals surface area contributed by atoms with Crippen molar-refractivity contribution >= 4 is 0 Å². The molecule has 1 aliphatic rings. The van der Waals surface area contributed by atoms with E-state index in [0.717, 1.165) is 5.92 Å². The highest BCUT2D eigenvalue weighted by atomic mass is 14.9. The summed E-state index contributed by atoms with van der Waals surface area (Å²) in [6, 6.07) is 0.703. The zero-order chi connectivity index (χ0) is 11.8. The van der Waals surface area contributed by atoms with E-state index in [2.05, 4.69) is 32.2 Å². The van der Waals surface area contributed by atoms with Crippen molar-refractivity contribution in [1.82, 2.24) is 5.32 Å². The summed E-state index contributed by atoms with van der Waals surface area (Å²) in [6.45, 7) is 8.11. The lowest BCUT2D eigenvalue weighted by atomic mass is 9.88. The summed E-state index contributed by atoms with van der Waals surface area (Å²) < 4.78 is 0. The van der Waals surface area contributed by atoms with E-state index in [9.17, 15) is 0 Å². The maximum absolute atomic E-state index is 3.73. The molecule has 1 aliphatic carbocycles. The van der Waals surface area contributed by atoms with Crippen LogP contribution >= 0.6 is 0 Å². The largest absolute Gasteiger partial charge is 0.313 e. The third-order valence-electron chi connectivity index (χ3n) is 3.85. The monoisotopic (exact) mass is 223 g/mol. The standard InChI is InChI=1S/C15H29N/c1-4-11-16-15(13(3)5-2)12-14-9-7-6-8-10-14/h9,13,15-16H,4-8,10-12H2,1-3H3. The van der Waals surface area contributed by atoms with Gasteiger partial charge >= 0.3 is 0 Å². The minimum Gasteiger partial charge on any atom is -0.313 e. The van der Waals surface area contributed by atoms with Gasteiger partial charge in [-0.2, -0.15) is 0 Å². The van der Waals surface area contributed by atoms with Crippen molar-refractivity contribution in [2.75, 3.05) is 6.54 Å². The fraction of sp³-hybridized carbons (Fsp3) is 0.867. The molecule has 1 rings (SSSR count). The maximum atomic E-state index is 3.73. The minimum atomic E-state index is 0.703. The van der Waals surface area contributed by atoms with E-state index >= 15 is 0 Å². The third-order valence-corrected chi connectivity index (χ3v) is 3.85. The summed E-state index contributed by atoms with van der Waals surface area (Å²) in [5.74, 6) is 0.800. The van der Waals surface area contributed by atoms with Gasteiger partial charge in [-0.3, -0.25) is 0 Å². The molecule has 0 heterocycles. The Labute approximate surface area is 102 Å². The first-order chi connectivity index (χ1) is 7.77. The van der Waals surface area contributed by atoms with Gasteiger partial charge in [-0.25, -0.2) is 0 Å². The SMILES string of the molecule is CCCNC(CC1=CCCCC1)C(C)CC. The topological polar surface area (TPSA) is 12.0 Å². The van der Waals surface area contributed by atoms with Gasteiger partial charge in [0, 0.05) is 6.04 Å². The highest BCUT2D eigenvalue weighted by molar-refractivity contribution is 5.07. The minimum absolute atomic E-state index is 0.703. The van der Waals surface area contributed by atoms with Gasteiger partial charge in [0.15, 0.2) is 0 Å². The third kappa shape index (κ3) is 4.69. The van der Waals surface area contributed by atoms with Gasteiger partial charge < -0.3 is 5.32 Å². The Morgan fingerprint density at radius 3 is 2.69 bits per heavy atom. The number of allylic oxidation sites excluding steroid dienone is 1. The van der Waals surface area contributed by atoms with Crippen LogP contribution in [0.1, 0.15) is 65.7 Å². The molecule has 0 saturated carbocycles. The van der Waals surface area contributed by atoms with E-state index in [4.69, 9.17) is 0 Å². The molecule has 0 amide bonds. The molecule has 0 spiro atoms. The van der Waals surface area contributed by atoms with Gasteiger partial charge in [0.05, 0.1) is 0 Å². The normalized spacial score (nSPS) is 20.3. The van der Waals surface area contributed by atoms with Gasteiger partial charge in [-0.1, -0.05) is 38.8 Å². The van der Waals surface area contributed by atoms with E-state index in [-0.39, 0.29) is 0 Å². The van der Waals surface area contributed by atoms with Gasteiger partial charge in [-0.05, 0) is 51.0 Å². The van der Waals surface area contributed by atoms with E-state index in [1.807, 2.05) is 0 Å². The van der Waals surface area contributed by atoms with Crippen LogP contribution in [0.15, 0.2) is 11.6 Å². The number of hydrogen-bond donors (Lipinski definition) is 1. The van der Waals surface area contributed by atoms with Crippen molar-refractivity contribution in [3.63, 3.8) is 0 Å². The molecule has 16 heavy (non-hydrogen) atoms. The first-order valence-corrected chi connectivity index (χ1v) is 7.19. The molecule has 94 valence electrons. The Morgan fingerprint density at radius 2 is 2.12 bits per heavy atom. The zero-order valence-corrected chi connectivity index (χ0v) is 11.4. The van der Waals surface area contributed by atoms with Gasteiger partial charge in [0.2, 0.25) is 0 Å². The van der Waals surface area contributed by atoms with Crippen LogP contribution < -0.4 is 5.32 Å². The molecule has 0 saturated heterocycles. The molecule has 0 bridgehead atoms. The summed E-state index contributed by atoms with van der Waals surface area (Å²) in [5, 5.41) is 3.73. The molecule has 2 atom stereocenters. The second-order valence-electron chi connectivity index (χ2n) is 5.26. The molecule has 1 heteroatoms. The lowest BCUT2D eigenvalue weighted by molar-refractivity contribution is 0.359. The molecule has 0 aromatic heterocycles. The molecule has 1 nitrogen and oxygen atoms in total. The highest BCUT2D eigenvalue weighted by Crippen LogP contribution is 2.24. The Bertz CT molecular complexity index is 207. The van der Waals surface area contributed by atoms with Crippen LogP contribution in [0.3, 0.4) is 0 Å². The van der Waals surface area contributed by atoms with E-state index < -0.39 is 0 Å². The van der Waals surface area contributed by atoms with Crippen LogP contribution in [0.25, 0.3) is 0 Å². The Balaban J connectivity index is 2.44. The van der Waals surface area contributed by atoms with Crippen LogP contribution in [-0.4, -0.2) is 12.6 Å². The average molecular weight is 223 g/mol. The van der Waals surface area contributed by atoms with Crippen LogP contribution in [0.5, 0.6) is 0 Å². The van der Waals surface area contributed by atoms with Crippen LogP contribution in [-0.2, 0) is 0 Å². The van der Waals surface area contributed by atoms with E-state index in [1.165, 1.54) is 51.5 Å². The van der Waals surface area contributed by atoms with Crippen LogP contribution in [0.2, 0.25) is 0 Å². The van der Waals surface area contributed by atoms with Gasteiger partial charge in [-0.15, -0.1) is 0 Å². The number of nitrogens with one attached hydrogen (secondary N) is 1. The first kappa shape index (κ1) is 13.8. The number of rotatable bonds is 7. The molecular formula is C15H29N. The Hall–Kier alpha value is -0.300. The second kappa shape index (κ2) is 7.89. The molecule has 2 unspecified atom stereocenters. The van der Waals surface area contributed by atoms with Crippen molar-refractivity contribution < 1.29 is 0 Å². The zero-order valence-electron chi connectivity index (χ0n) is 11.4. The molecule has 0 aromatic rings. The van der Waals surface area contributed by atoms with Gasteiger partial charge in [0.1, 0.15) is 0 Å². The summed E-state index contributed by atoms with van der Waals surface area (Å²) in [6.07, 6.45) is 11.8. The van der Waals surface area contributed by atoms with E-state index in [1.54, 1.807) is 5.57 Å². The quantitative estimate of drug-likeness (QED) is 0.635. The first-order valence-electron chi connectivity index (χ1n) is 7.19. The Morgan fingerprint density at radius 1 is 1.31 bits per heavy atom. The van der Waals surface area contributed by atoms with E-state index in [0.29, 0.717) is 6.04 Å². The number of hydrogen-bond acceptors (Lipinski definition) is 1. The fourth-order valence-corrected chi connectivity index (χ4v) is 2.46. The molecule has 1 N–H and O–H groups in total. The van der Waals surface area contributed by atoms with Crippen molar-refractivity contribution in [2.24, 2.45) is 5.92 Å². The fourth-order valence-electron chi connectivity index (χ4n) is 2.46. The van der Waals surface area contributed by atoms with Crippen molar-refractivity contribution in [2.45, 2.75) is 71.8 Å². The predicted octanol–water partition coefficient (Wildman–Crippen LogP) is 4.29. The Kier molecular flexibility index (Phi) is 6.79. The van der Waals surface area contributed by atoms with Crippen molar-refractivity contribution in [3.8, 4) is 0 Å². The molecule has 0 radical (unpaired) electrons. The molecule has 0 fully saturated rings. The summed E-state index contributed by atoms with van der Waals surface area (Å²) in [4.78, 5) is 0. The van der Waals surface area contributed by atoms with Crippen LogP contribution in [0, 0.1) is 5.92 Å². The van der Waals surface area contributed by atoms with Gasteiger partial charge in [0.25, 0.3) is 0 Å². The van der Waals surface area contributed by atoms with Crippen LogP contribution in [0.4, 0.5) is 0 Å². The second-order valence-corrected chi connectivity index (χ2v) is 5.26. The summed E-state index contributed by atoms with van der Waals surface area (Å²) in [5.41, 5.74) is 1.71. The smallest absolute Gasteiger partial charge is 0.0130 e. The molecule has 0 aliphatic heterocycles. The molecule has 0 aromatic carbocycles. The van der Waals surface area contributed by atoms with Crippen molar-refractivity contribution in [3.05, 3.63) is 11.6 Å². The molecular weight excluding hydrogens is 194 g/mol. The highest BCUT2D eigenvalue weighted by Gasteiger charge is 2.17. The summed E-state index contributed by atoms with van der Waals surface area (Å²) in [7, 11) is 0. The average Bonchev–Trinajstić information content (AvgIpc) is 2.34. The van der Waals surface area contributed by atoms with Crippen molar-refractivity contribution in [1.29, 1.82) is 0 Å².